The summed E-state index contributed by atoms with van der Waals surface area (Å²) in [6.45, 7) is 1.78. The Labute approximate surface area is 111 Å². The number of halogens is 2. The summed E-state index contributed by atoms with van der Waals surface area (Å²) in [4.78, 5) is 8.28. The third kappa shape index (κ3) is 3.31. The molecule has 2 heterocycles. The molecule has 2 N–H and O–H groups in total. The molecule has 0 atom stereocenters. The van der Waals surface area contributed by atoms with Gasteiger partial charge in [-0.1, -0.05) is 11.6 Å². The predicted molar refractivity (Wildman–Crippen MR) is 71.0 cm³/mol. The Morgan fingerprint density at radius 3 is 3.06 bits per heavy atom. The lowest BCUT2D eigenvalue weighted by molar-refractivity contribution is 0.687. The molecule has 2 aromatic heterocycles. The van der Waals surface area contributed by atoms with Gasteiger partial charge >= 0.3 is 0 Å². The molecule has 2 rings (SSSR count). The summed E-state index contributed by atoms with van der Waals surface area (Å²) in [5.41, 5.74) is 1.15. The molecule has 0 unspecified atom stereocenters. The summed E-state index contributed by atoms with van der Waals surface area (Å²) in [5, 5.41) is 3.36. The van der Waals surface area contributed by atoms with Gasteiger partial charge in [-0.2, -0.15) is 0 Å². The molecule has 0 spiro atoms. The Morgan fingerprint density at radius 1 is 1.56 bits per heavy atom. The first-order chi connectivity index (χ1) is 7.75. The molecule has 0 saturated carbocycles. The molecule has 2 aromatic rings. The molecule has 0 fully saturated rings. The zero-order valence-corrected chi connectivity index (χ0v) is 11.6. The van der Waals surface area contributed by atoms with Crippen LogP contribution in [0.1, 0.15) is 10.6 Å². The van der Waals surface area contributed by atoms with E-state index < -0.39 is 0 Å². The lowest BCUT2D eigenvalue weighted by Gasteiger charge is -2.00. The van der Waals surface area contributed by atoms with Crippen LogP contribution in [0.4, 0.5) is 0 Å². The lowest BCUT2D eigenvalue weighted by atomic mass is 10.3. The average Bonchev–Trinajstić information content (AvgIpc) is 2.85. The van der Waals surface area contributed by atoms with E-state index in [1.165, 1.54) is 4.88 Å². The first kappa shape index (κ1) is 12.1. The Kier molecular flexibility index (Phi) is 4.40. The van der Waals surface area contributed by atoms with Crippen LogP contribution < -0.4 is 5.32 Å². The highest BCUT2D eigenvalue weighted by atomic mass is 79.9. The second kappa shape index (κ2) is 5.82. The number of aromatic nitrogens is 2. The number of aromatic amines is 1. The minimum atomic E-state index is 0.811. The predicted octanol–water partition coefficient (Wildman–Crippen LogP) is 3.22. The van der Waals surface area contributed by atoms with Crippen molar-refractivity contribution in [3.63, 3.8) is 0 Å². The summed E-state index contributed by atoms with van der Waals surface area (Å²) in [6, 6.07) is 2.05. The zero-order valence-electron chi connectivity index (χ0n) is 8.46. The van der Waals surface area contributed by atoms with Gasteiger partial charge in [0.25, 0.3) is 0 Å². The summed E-state index contributed by atoms with van der Waals surface area (Å²) in [6.07, 6.45) is 4.51. The highest BCUT2D eigenvalue weighted by molar-refractivity contribution is 9.10. The van der Waals surface area contributed by atoms with E-state index in [1.807, 2.05) is 6.20 Å². The van der Waals surface area contributed by atoms with Crippen LogP contribution in [-0.4, -0.2) is 16.5 Å². The van der Waals surface area contributed by atoms with E-state index in [-0.39, 0.29) is 0 Å². The molecular weight excluding hydrogens is 310 g/mol. The van der Waals surface area contributed by atoms with Gasteiger partial charge in [-0.3, -0.25) is 0 Å². The number of rotatable bonds is 5. The fraction of sp³-hybridized carbons (Fsp3) is 0.300. The first-order valence-corrected chi connectivity index (χ1v) is 6.86. The quantitative estimate of drug-likeness (QED) is 0.831. The third-order valence-electron chi connectivity index (χ3n) is 2.12. The van der Waals surface area contributed by atoms with E-state index >= 15 is 0 Å². The van der Waals surface area contributed by atoms with E-state index in [0.29, 0.717) is 0 Å². The topological polar surface area (TPSA) is 40.7 Å². The van der Waals surface area contributed by atoms with Crippen molar-refractivity contribution in [2.45, 2.75) is 13.0 Å². The van der Waals surface area contributed by atoms with Crippen molar-refractivity contribution in [3.05, 3.63) is 38.0 Å². The molecule has 86 valence electrons. The largest absolute Gasteiger partial charge is 0.348 e. The van der Waals surface area contributed by atoms with Crippen LogP contribution in [0.15, 0.2) is 23.1 Å². The van der Waals surface area contributed by atoms with Crippen LogP contribution in [0.2, 0.25) is 4.34 Å². The smallest absolute Gasteiger partial charge is 0.107 e. The van der Waals surface area contributed by atoms with E-state index in [4.69, 9.17) is 11.6 Å². The number of hydrogen-bond donors (Lipinski definition) is 2. The van der Waals surface area contributed by atoms with Crippen molar-refractivity contribution in [1.29, 1.82) is 0 Å². The van der Waals surface area contributed by atoms with Crippen molar-refractivity contribution in [3.8, 4) is 0 Å². The lowest BCUT2D eigenvalue weighted by Crippen LogP contribution is -2.16. The molecule has 0 aromatic carbocycles. The van der Waals surface area contributed by atoms with Gasteiger partial charge in [-0.25, -0.2) is 4.98 Å². The SMILES string of the molecule is Clc1sc(CNCCc2cnc[nH]2)cc1Br. The van der Waals surface area contributed by atoms with Crippen LogP contribution in [0.25, 0.3) is 0 Å². The molecule has 0 saturated heterocycles. The number of H-pyrrole nitrogens is 1. The van der Waals surface area contributed by atoms with Crippen molar-refractivity contribution in [2.24, 2.45) is 0 Å². The highest BCUT2D eigenvalue weighted by Gasteiger charge is 2.03. The number of thiophene rings is 1. The number of nitrogens with zero attached hydrogens (tertiary/aromatic N) is 1. The molecule has 0 aliphatic carbocycles. The van der Waals surface area contributed by atoms with Crippen LogP contribution in [0.5, 0.6) is 0 Å². The summed E-state index contributed by atoms with van der Waals surface area (Å²) in [5.74, 6) is 0. The Bertz CT molecular complexity index is 421. The molecule has 0 aliphatic heterocycles. The first-order valence-electron chi connectivity index (χ1n) is 4.87. The number of imidazole rings is 1. The fourth-order valence-corrected chi connectivity index (χ4v) is 3.09. The Morgan fingerprint density at radius 2 is 2.44 bits per heavy atom. The molecular formula is C10H11BrClN3S. The highest BCUT2D eigenvalue weighted by Crippen LogP contribution is 2.31. The van der Waals surface area contributed by atoms with Crippen molar-refractivity contribution < 1.29 is 0 Å². The Balaban J connectivity index is 1.72. The molecule has 3 nitrogen and oxygen atoms in total. The van der Waals surface area contributed by atoms with Crippen LogP contribution in [0, 0.1) is 0 Å². The van der Waals surface area contributed by atoms with Crippen LogP contribution in [-0.2, 0) is 13.0 Å². The van der Waals surface area contributed by atoms with Crippen molar-refractivity contribution in [2.75, 3.05) is 6.54 Å². The molecule has 0 bridgehead atoms. The minimum absolute atomic E-state index is 0.811. The fourth-order valence-electron chi connectivity index (χ4n) is 1.33. The zero-order chi connectivity index (χ0) is 11.4. The summed E-state index contributed by atoms with van der Waals surface area (Å²) >= 11 is 10.9. The summed E-state index contributed by atoms with van der Waals surface area (Å²) in [7, 11) is 0. The second-order valence-electron chi connectivity index (χ2n) is 3.34. The number of nitrogens with one attached hydrogen (secondary N) is 2. The van der Waals surface area contributed by atoms with E-state index in [2.05, 4.69) is 37.3 Å². The second-order valence-corrected chi connectivity index (χ2v) is 5.93. The van der Waals surface area contributed by atoms with Crippen molar-refractivity contribution in [1.82, 2.24) is 15.3 Å². The van der Waals surface area contributed by atoms with E-state index in [1.54, 1.807) is 17.7 Å². The van der Waals surface area contributed by atoms with Gasteiger partial charge in [-0.15, -0.1) is 11.3 Å². The molecule has 16 heavy (non-hydrogen) atoms. The van der Waals surface area contributed by atoms with Gasteiger partial charge in [0.1, 0.15) is 4.34 Å². The van der Waals surface area contributed by atoms with Gasteiger partial charge in [0.05, 0.1) is 6.33 Å². The molecule has 6 heteroatoms. The third-order valence-corrected chi connectivity index (χ3v) is 4.60. The van der Waals surface area contributed by atoms with Crippen LogP contribution in [0.3, 0.4) is 0 Å². The van der Waals surface area contributed by atoms with E-state index in [0.717, 1.165) is 34.0 Å². The average molecular weight is 321 g/mol. The van der Waals surface area contributed by atoms with Gasteiger partial charge in [0.2, 0.25) is 0 Å². The minimum Gasteiger partial charge on any atom is -0.348 e. The van der Waals surface area contributed by atoms with Crippen LogP contribution >= 0.6 is 38.9 Å². The maximum Gasteiger partial charge on any atom is 0.107 e. The standard InChI is InChI=1S/C10H11BrClN3S/c11-9-3-8(16-10(9)12)5-13-2-1-7-4-14-6-15-7/h3-4,6,13H,1-2,5H2,(H,14,15). The van der Waals surface area contributed by atoms with E-state index in [9.17, 15) is 0 Å². The van der Waals surface area contributed by atoms with Gasteiger partial charge in [-0.05, 0) is 22.0 Å². The monoisotopic (exact) mass is 319 g/mol. The molecule has 0 aliphatic rings. The van der Waals surface area contributed by atoms with Gasteiger partial charge < -0.3 is 10.3 Å². The molecule has 0 amide bonds. The Hall–Kier alpha value is -0.360. The maximum atomic E-state index is 5.95. The maximum absolute atomic E-state index is 5.95. The van der Waals surface area contributed by atoms with Gasteiger partial charge in [0.15, 0.2) is 0 Å². The van der Waals surface area contributed by atoms with Gasteiger partial charge in [0, 0.05) is 40.8 Å². The molecule has 0 radical (unpaired) electrons. The van der Waals surface area contributed by atoms with Crippen molar-refractivity contribution >= 4 is 38.9 Å². The summed E-state index contributed by atoms with van der Waals surface area (Å²) < 4.78 is 1.79. The number of hydrogen-bond acceptors (Lipinski definition) is 3. The normalized spacial score (nSPS) is 10.9.